The van der Waals surface area contributed by atoms with Gasteiger partial charge in [-0.15, -0.1) is 5.10 Å². The van der Waals surface area contributed by atoms with E-state index in [1.54, 1.807) is 31.3 Å². The molecule has 3 heterocycles. The minimum absolute atomic E-state index is 0.146. The van der Waals surface area contributed by atoms with Gasteiger partial charge in [0.05, 0.1) is 26.1 Å². The summed E-state index contributed by atoms with van der Waals surface area (Å²) in [5.74, 6) is 2.58. The van der Waals surface area contributed by atoms with Crippen LogP contribution in [-0.4, -0.2) is 38.4 Å². The second kappa shape index (κ2) is 11.1. The highest BCUT2D eigenvalue weighted by Crippen LogP contribution is 2.26. The number of fused-ring (bicyclic) bond motifs is 1. The maximum atomic E-state index is 5.98. The van der Waals surface area contributed by atoms with Gasteiger partial charge in [-0.05, 0) is 23.7 Å². The van der Waals surface area contributed by atoms with E-state index in [0.717, 1.165) is 11.2 Å². The highest BCUT2D eigenvalue weighted by atomic mass is 35.5. The number of methoxy groups -OCH3 is 2. The van der Waals surface area contributed by atoms with E-state index < -0.39 is 0 Å². The van der Waals surface area contributed by atoms with Crippen LogP contribution in [0.5, 0.6) is 11.5 Å². The van der Waals surface area contributed by atoms with Gasteiger partial charge in [0.1, 0.15) is 29.2 Å². The first-order chi connectivity index (χ1) is 14.7. The summed E-state index contributed by atoms with van der Waals surface area (Å²) in [6.07, 6.45) is 5.33. The van der Waals surface area contributed by atoms with Gasteiger partial charge in [-0.25, -0.2) is 9.50 Å². The van der Waals surface area contributed by atoms with Crippen LogP contribution in [0.4, 0.5) is 11.6 Å². The van der Waals surface area contributed by atoms with Crippen molar-refractivity contribution in [2.24, 2.45) is 0 Å². The van der Waals surface area contributed by atoms with Gasteiger partial charge in [0.15, 0.2) is 5.82 Å². The fourth-order valence-corrected chi connectivity index (χ4v) is 2.76. The van der Waals surface area contributed by atoms with E-state index in [1.807, 2.05) is 68.8 Å². The average Bonchev–Trinajstić information content (AvgIpc) is 3.46. The van der Waals surface area contributed by atoms with Crippen molar-refractivity contribution in [1.82, 2.24) is 24.1 Å². The van der Waals surface area contributed by atoms with Gasteiger partial charge < -0.3 is 19.4 Å². The molecule has 4 aromatic rings. The van der Waals surface area contributed by atoms with E-state index >= 15 is 0 Å². The number of nitrogens with zero attached hydrogens (tertiary/aromatic N) is 5. The van der Waals surface area contributed by atoms with E-state index in [1.165, 1.54) is 0 Å². The first-order valence-electron chi connectivity index (χ1n) is 9.71. The Morgan fingerprint density at radius 3 is 2.30 bits per heavy atom. The fourth-order valence-electron chi connectivity index (χ4n) is 2.59. The lowest BCUT2D eigenvalue weighted by Crippen LogP contribution is -2.01. The molecule has 0 amide bonds. The van der Waals surface area contributed by atoms with Gasteiger partial charge in [0, 0.05) is 24.4 Å². The van der Waals surface area contributed by atoms with Crippen LogP contribution in [0.2, 0.25) is 5.28 Å². The first-order valence-corrected chi connectivity index (χ1v) is 10.1. The Bertz CT molecular complexity index is 1050. The van der Waals surface area contributed by atoms with Crippen molar-refractivity contribution in [1.29, 1.82) is 0 Å². The maximum Gasteiger partial charge on any atom is 0.243 e. The lowest BCUT2D eigenvalue weighted by atomic mass is 10.2. The molecule has 30 heavy (non-hydrogen) atoms. The number of rotatable bonds is 5. The Balaban J connectivity index is 0.000000757. The van der Waals surface area contributed by atoms with Crippen LogP contribution in [-0.2, 0) is 0 Å². The molecule has 0 saturated carbocycles. The second-order valence-electron chi connectivity index (χ2n) is 5.43. The molecule has 8 nitrogen and oxygen atoms in total. The van der Waals surface area contributed by atoms with Gasteiger partial charge in [-0.1, -0.05) is 27.7 Å². The number of aromatic nitrogens is 5. The summed E-state index contributed by atoms with van der Waals surface area (Å²) in [7, 11) is 3.22. The van der Waals surface area contributed by atoms with Crippen LogP contribution in [0, 0.1) is 0 Å². The van der Waals surface area contributed by atoms with Gasteiger partial charge in [-0.3, -0.25) is 0 Å². The number of ether oxygens (including phenoxy) is 2. The zero-order valence-corrected chi connectivity index (χ0v) is 18.8. The number of anilines is 2. The van der Waals surface area contributed by atoms with E-state index in [9.17, 15) is 0 Å². The molecule has 0 saturated heterocycles. The van der Waals surface area contributed by atoms with Crippen LogP contribution in [0.1, 0.15) is 27.7 Å². The van der Waals surface area contributed by atoms with Crippen molar-refractivity contribution < 1.29 is 9.47 Å². The predicted molar refractivity (Wildman–Crippen MR) is 121 cm³/mol. The molecule has 1 aromatic carbocycles. The Kier molecular flexibility index (Phi) is 8.49. The molecule has 0 aliphatic rings. The maximum absolute atomic E-state index is 5.98. The van der Waals surface area contributed by atoms with Crippen LogP contribution in [0.15, 0.2) is 49.1 Å². The van der Waals surface area contributed by atoms with Crippen molar-refractivity contribution in [3.63, 3.8) is 0 Å². The minimum Gasteiger partial charge on any atom is -0.497 e. The summed E-state index contributed by atoms with van der Waals surface area (Å²) >= 11 is 5.98. The van der Waals surface area contributed by atoms with Crippen LogP contribution < -0.4 is 14.8 Å². The summed E-state index contributed by atoms with van der Waals surface area (Å²) in [6, 6.07) is 9.35. The standard InChI is InChI=1S/C17H15ClN6O2.2C2H6/c1-25-12-6-11(7-13(8-12)26-2)23-9-15(19-10-23)20-16-14-4-3-5-24(14)22-17(18)21-16;2*1-2/h3-10H,1-2H3,(H,20,21,22);2*1-2H3. The number of imidazole rings is 1. The Morgan fingerprint density at radius 2 is 1.67 bits per heavy atom. The van der Waals surface area contributed by atoms with E-state index in [0.29, 0.717) is 23.1 Å². The van der Waals surface area contributed by atoms with E-state index in [2.05, 4.69) is 20.4 Å². The molecular weight excluding hydrogens is 404 g/mol. The number of hydrogen-bond donors (Lipinski definition) is 1. The zero-order chi connectivity index (χ0) is 22.1. The summed E-state index contributed by atoms with van der Waals surface area (Å²) in [6.45, 7) is 8.00. The number of nitrogens with one attached hydrogen (secondary N) is 1. The zero-order valence-electron chi connectivity index (χ0n) is 18.0. The van der Waals surface area contributed by atoms with Crippen molar-refractivity contribution in [3.05, 3.63) is 54.3 Å². The molecule has 0 radical (unpaired) electrons. The minimum atomic E-state index is 0.146. The van der Waals surface area contributed by atoms with Gasteiger partial charge >= 0.3 is 0 Å². The molecule has 1 N–H and O–H groups in total. The second-order valence-corrected chi connectivity index (χ2v) is 5.77. The molecule has 0 aliphatic carbocycles. The van der Waals surface area contributed by atoms with Crippen LogP contribution in [0.3, 0.4) is 0 Å². The smallest absolute Gasteiger partial charge is 0.243 e. The molecular formula is C21H27ClN6O2. The third-order valence-electron chi connectivity index (χ3n) is 3.83. The van der Waals surface area contributed by atoms with Gasteiger partial charge in [0.2, 0.25) is 5.28 Å². The number of hydrogen-bond acceptors (Lipinski definition) is 6. The highest BCUT2D eigenvalue weighted by Gasteiger charge is 2.10. The number of halogens is 1. The lowest BCUT2D eigenvalue weighted by Gasteiger charge is -2.09. The molecule has 0 bridgehead atoms. The largest absolute Gasteiger partial charge is 0.497 e. The molecule has 0 aliphatic heterocycles. The normalized spacial score (nSPS) is 9.83. The number of benzene rings is 1. The quantitative estimate of drug-likeness (QED) is 0.457. The highest BCUT2D eigenvalue weighted by molar-refractivity contribution is 6.28. The van der Waals surface area contributed by atoms with Gasteiger partial charge in [-0.2, -0.15) is 4.98 Å². The summed E-state index contributed by atoms with van der Waals surface area (Å²) in [5, 5.41) is 7.42. The Hall–Kier alpha value is -3.26. The lowest BCUT2D eigenvalue weighted by molar-refractivity contribution is 0.394. The van der Waals surface area contributed by atoms with Crippen molar-refractivity contribution in [3.8, 4) is 17.2 Å². The van der Waals surface area contributed by atoms with Crippen LogP contribution >= 0.6 is 11.6 Å². The molecule has 160 valence electrons. The van der Waals surface area contributed by atoms with Gasteiger partial charge in [0.25, 0.3) is 0 Å². The third-order valence-corrected chi connectivity index (χ3v) is 3.99. The van der Waals surface area contributed by atoms with E-state index in [-0.39, 0.29) is 5.28 Å². The summed E-state index contributed by atoms with van der Waals surface area (Å²) < 4.78 is 14.1. The Morgan fingerprint density at radius 1 is 1.00 bits per heavy atom. The van der Waals surface area contributed by atoms with Crippen molar-refractivity contribution in [2.45, 2.75) is 27.7 Å². The monoisotopic (exact) mass is 430 g/mol. The summed E-state index contributed by atoms with van der Waals surface area (Å²) in [5.41, 5.74) is 1.65. The molecule has 0 unspecified atom stereocenters. The molecule has 0 spiro atoms. The predicted octanol–water partition coefficient (Wildman–Crippen LogP) is 5.38. The SMILES string of the molecule is CC.CC.COc1cc(OC)cc(-n2cnc(Nc3nc(Cl)nn4cccc34)c2)c1. The molecule has 0 atom stereocenters. The third kappa shape index (κ3) is 5.21. The Labute approximate surface area is 181 Å². The van der Waals surface area contributed by atoms with Crippen molar-refractivity contribution in [2.75, 3.05) is 19.5 Å². The van der Waals surface area contributed by atoms with Crippen molar-refractivity contribution >= 4 is 28.8 Å². The summed E-state index contributed by atoms with van der Waals surface area (Å²) in [4.78, 5) is 8.62. The molecule has 0 fully saturated rings. The molecule has 3 aromatic heterocycles. The topological polar surface area (TPSA) is 78.5 Å². The fraction of sp³-hybridized carbons (Fsp3) is 0.286. The molecule has 4 rings (SSSR count). The van der Waals surface area contributed by atoms with Crippen LogP contribution in [0.25, 0.3) is 11.2 Å². The average molecular weight is 431 g/mol. The first kappa shape index (κ1) is 23.0. The van der Waals surface area contributed by atoms with E-state index in [4.69, 9.17) is 21.1 Å². The molecule has 9 heteroatoms.